The Bertz CT molecular complexity index is 794. The van der Waals surface area contributed by atoms with Gasteiger partial charge in [-0.2, -0.15) is 5.10 Å². The molecule has 3 rings (SSSR count). The van der Waals surface area contributed by atoms with E-state index in [1.165, 1.54) is 0 Å². The fourth-order valence-corrected chi connectivity index (χ4v) is 2.39. The van der Waals surface area contributed by atoms with Crippen LogP contribution >= 0.6 is 0 Å². The van der Waals surface area contributed by atoms with Gasteiger partial charge in [-0.15, -0.1) is 0 Å². The third-order valence-corrected chi connectivity index (χ3v) is 3.74. The van der Waals surface area contributed by atoms with Crippen molar-refractivity contribution in [1.82, 2.24) is 24.6 Å². The van der Waals surface area contributed by atoms with E-state index >= 15 is 0 Å². The van der Waals surface area contributed by atoms with E-state index in [4.69, 9.17) is 0 Å². The molecule has 1 amide bonds. The van der Waals surface area contributed by atoms with Crippen molar-refractivity contribution in [2.24, 2.45) is 0 Å². The lowest BCUT2D eigenvalue weighted by Crippen LogP contribution is -2.26. The summed E-state index contributed by atoms with van der Waals surface area (Å²) in [5.74, 6) is 0.650. The number of benzene rings is 1. The van der Waals surface area contributed by atoms with Crippen LogP contribution < -0.4 is 0 Å². The third-order valence-electron chi connectivity index (χ3n) is 3.74. The van der Waals surface area contributed by atoms with E-state index in [0.717, 1.165) is 23.5 Å². The van der Waals surface area contributed by atoms with Crippen molar-refractivity contribution in [1.29, 1.82) is 0 Å². The minimum absolute atomic E-state index is 0.0891. The van der Waals surface area contributed by atoms with Crippen LogP contribution in [0.4, 0.5) is 0 Å². The van der Waals surface area contributed by atoms with Gasteiger partial charge in [-0.1, -0.05) is 19.1 Å². The lowest BCUT2D eigenvalue weighted by Gasteiger charge is -2.17. The highest BCUT2D eigenvalue weighted by Gasteiger charge is 2.13. The first-order valence-electron chi connectivity index (χ1n) is 7.82. The Kier molecular flexibility index (Phi) is 4.65. The van der Waals surface area contributed by atoms with E-state index < -0.39 is 0 Å². The second-order valence-corrected chi connectivity index (χ2v) is 5.52. The van der Waals surface area contributed by atoms with E-state index in [1.54, 1.807) is 35.2 Å². The summed E-state index contributed by atoms with van der Waals surface area (Å²) in [5, 5.41) is 4.20. The minimum Gasteiger partial charge on any atom is -0.337 e. The predicted molar refractivity (Wildman–Crippen MR) is 90.8 cm³/mol. The average molecular weight is 321 g/mol. The summed E-state index contributed by atoms with van der Waals surface area (Å²) in [6, 6.07) is 9.85. The van der Waals surface area contributed by atoms with Crippen molar-refractivity contribution < 1.29 is 4.79 Å². The lowest BCUT2D eigenvalue weighted by molar-refractivity contribution is 0.0784. The van der Waals surface area contributed by atoms with Crippen molar-refractivity contribution in [2.75, 3.05) is 7.05 Å². The van der Waals surface area contributed by atoms with E-state index in [1.807, 2.05) is 43.5 Å². The molecule has 1 aromatic carbocycles. The van der Waals surface area contributed by atoms with Crippen LogP contribution in [-0.2, 0) is 13.0 Å². The summed E-state index contributed by atoms with van der Waals surface area (Å²) < 4.78 is 1.80. The first-order valence-corrected chi connectivity index (χ1v) is 7.82. The number of hydrogen-bond acceptors (Lipinski definition) is 4. The number of carbonyl (C=O) groups excluding carboxylic acids is 1. The van der Waals surface area contributed by atoms with Crippen LogP contribution in [0.5, 0.6) is 0 Å². The molecule has 0 atom stereocenters. The van der Waals surface area contributed by atoms with Gasteiger partial charge in [-0.3, -0.25) is 4.79 Å². The predicted octanol–water partition coefficient (Wildman–Crippen LogP) is 2.50. The van der Waals surface area contributed by atoms with E-state index in [9.17, 15) is 4.79 Å². The number of aryl methyl sites for hydroxylation is 1. The molecule has 0 spiro atoms. The standard InChI is InChI=1S/C18H19N5O/c1-3-17-19-11-15(12-20-17)18(24)22(2)13-14-5-7-16(8-6-14)23-10-4-9-21-23/h4-12H,3,13H2,1-2H3. The molecule has 0 bridgehead atoms. The average Bonchev–Trinajstić information content (AvgIpc) is 3.16. The Hall–Kier alpha value is -3.02. The number of carbonyl (C=O) groups is 1. The fraction of sp³-hybridized carbons (Fsp3) is 0.222. The van der Waals surface area contributed by atoms with Gasteiger partial charge in [-0.05, 0) is 23.8 Å². The maximum Gasteiger partial charge on any atom is 0.257 e. The van der Waals surface area contributed by atoms with Crippen LogP contribution in [0, 0.1) is 0 Å². The van der Waals surface area contributed by atoms with Gasteiger partial charge >= 0.3 is 0 Å². The molecule has 6 heteroatoms. The zero-order chi connectivity index (χ0) is 16.9. The van der Waals surface area contributed by atoms with Gasteiger partial charge in [0.25, 0.3) is 5.91 Å². The van der Waals surface area contributed by atoms with Crippen LogP contribution in [0.1, 0.15) is 28.7 Å². The van der Waals surface area contributed by atoms with Crippen molar-refractivity contribution in [3.05, 3.63) is 72.1 Å². The molecule has 0 N–H and O–H groups in total. The highest BCUT2D eigenvalue weighted by Crippen LogP contribution is 2.11. The molecular weight excluding hydrogens is 302 g/mol. The molecule has 2 heterocycles. The Labute approximate surface area is 140 Å². The second kappa shape index (κ2) is 7.04. The molecule has 0 aliphatic carbocycles. The molecule has 122 valence electrons. The number of nitrogens with zero attached hydrogens (tertiary/aromatic N) is 5. The van der Waals surface area contributed by atoms with E-state index in [0.29, 0.717) is 12.1 Å². The molecule has 0 saturated carbocycles. The van der Waals surface area contributed by atoms with Crippen LogP contribution in [0.2, 0.25) is 0 Å². The zero-order valence-corrected chi connectivity index (χ0v) is 13.8. The largest absolute Gasteiger partial charge is 0.337 e. The molecule has 3 aromatic rings. The molecular formula is C18H19N5O. The molecule has 0 saturated heterocycles. The summed E-state index contributed by atoms with van der Waals surface area (Å²) in [4.78, 5) is 22.5. The number of rotatable bonds is 5. The van der Waals surface area contributed by atoms with Gasteiger partial charge in [0.05, 0.1) is 11.3 Å². The van der Waals surface area contributed by atoms with E-state index in [2.05, 4.69) is 15.1 Å². The highest BCUT2D eigenvalue weighted by atomic mass is 16.2. The normalized spacial score (nSPS) is 10.6. The quantitative estimate of drug-likeness (QED) is 0.724. The first-order chi connectivity index (χ1) is 11.7. The van der Waals surface area contributed by atoms with Crippen molar-refractivity contribution in [3.8, 4) is 5.69 Å². The van der Waals surface area contributed by atoms with Crippen molar-refractivity contribution >= 4 is 5.91 Å². The highest BCUT2D eigenvalue weighted by molar-refractivity contribution is 5.93. The fourth-order valence-electron chi connectivity index (χ4n) is 2.39. The molecule has 0 unspecified atom stereocenters. The van der Waals surface area contributed by atoms with Crippen LogP contribution in [0.15, 0.2) is 55.1 Å². The molecule has 2 aromatic heterocycles. The second-order valence-electron chi connectivity index (χ2n) is 5.52. The van der Waals surface area contributed by atoms with Crippen LogP contribution in [0.25, 0.3) is 5.69 Å². The first kappa shape index (κ1) is 15.9. The summed E-state index contributed by atoms with van der Waals surface area (Å²) in [6.45, 7) is 2.50. The topological polar surface area (TPSA) is 63.9 Å². The molecule has 6 nitrogen and oxygen atoms in total. The third kappa shape index (κ3) is 3.48. The summed E-state index contributed by atoms with van der Waals surface area (Å²) >= 11 is 0. The van der Waals surface area contributed by atoms with Crippen LogP contribution in [0.3, 0.4) is 0 Å². The van der Waals surface area contributed by atoms with Gasteiger partial charge in [0.2, 0.25) is 0 Å². The molecule has 0 aliphatic rings. The number of aromatic nitrogens is 4. The lowest BCUT2D eigenvalue weighted by atomic mass is 10.2. The maximum absolute atomic E-state index is 12.4. The summed E-state index contributed by atoms with van der Waals surface area (Å²) in [6.07, 6.45) is 7.57. The molecule has 24 heavy (non-hydrogen) atoms. The molecule has 0 aliphatic heterocycles. The van der Waals surface area contributed by atoms with Gasteiger partial charge < -0.3 is 4.90 Å². The molecule has 0 fully saturated rings. The van der Waals surface area contributed by atoms with Gasteiger partial charge in [-0.25, -0.2) is 14.6 Å². The summed E-state index contributed by atoms with van der Waals surface area (Å²) in [7, 11) is 1.78. The Morgan fingerprint density at radius 3 is 2.46 bits per heavy atom. The van der Waals surface area contributed by atoms with Crippen molar-refractivity contribution in [2.45, 2.75) is 19.9 Å². The maximum atomic E-state index is 12.4. The number of amides is 1. The Morgan fingerprint density at radius 1 is 1.17 bits per heavy atom. The monoisotopic (exact) mass is 321 g/mol. The van der Waals surface area contributed by atoms with Gasteiger partial charge in [0.15, 0.2) is 0 Å². The summed E-state index contributed by atoms with van der Waals surface area (Å²) in [5.41, 5.74) is 2.54. The minimum atomic E-state index is -0.0891. The van der Waals surface area contributed by atoms with Gasteiger partial charge in [0, 0.05) is 44.8 Å². The SMILES string of the molecule is CCc1ncc(C(=O)N(C)Cc2ccc(-n3cccn3)cc2)cn1. The Balaban J connectivity index is 1.67. The zero-order valence-electron chi connectivity index (χ0n) is 13.8. The Morgan fingerprint density at radius 2 is 1.88 bits per heavy atom. The van der Waals surface area contributed by atoms with E-state index in [-0.39, 0.29) is 5.91 Å². The number of hydrogen-bond donors (Lipinski definition) is 0. The smallest absolute Gasteiger partial charge is 0.257 e. The molecule has 0 radical (unpaired) electrons. The van der Waals surface area contributed by atoms with Crippen LogP contribution in [-0.4, -0.2) is 37.6 Å². The van der Waals surface area contributed by atoms with Gasteiger partial charge in [0.1, 0.15) is 5.82 Å². The van der Waals surface area contributed by atoms with Crippen molar-refractivity contribution in [3.63, 3.8) is 0 Å².